The van der Waals surface area contributed by atoms with E-state index in [2.05, 4.69) is 11.3 Å². The molecule has 1 amide bonds. The van der Waals surface area contributed by atoms with Crippen molar-refractivity contribution >= 4 is 11.9 Å². The van der Waals surface area contributed by atoms with Crippen molar-refractivity contribution in [3.8, 4) is 0 Å². The van der Waals surface area contributed by atoms with Gasteiger partial charge in [-0.15, -0.1) is 0 Å². The minimum absolute atomic E-state index is 0.124. The molecule has 102 valence electrons. The second-order valence-corrected chi connectivity index (χ2v) is 3.49. The van der Waals surface area contributed by atoms with Crippen molar-refractivity contribution in [2.75, 3.05) is 0 Å². The van der Waals surface area contributed by atoms with Gasteiger partial charge in [0.05, 0.1) is 0 Å². The van der Waals surface area contributed by atoms with Crippen LogP contribution in [0, 0.1) is 0 Å². The molecule has 0 aromatic heterocycles. The van der Waals surface area contributed by atoms with E-state index in [0.29, 0.717) is 5.56 Å². The third-order valence-corrected chi connectivity index (χ3v) is 1.98. The number of hydrogen-bond acceptors (Lipinski definition) is 3. The summed E-state index contributed by atoms with van der Waals surface area (Å²) in [6.45, 7) is 2.89. The third-order valence-electron chi connectivity index (χ3n) is 1.98. The second-order valence-electron chi connectivity index (χ2n) is 3.49. The number of ether oxygens (including phenoxy) is 1. The summed E-state index contributed by atoms with van der Waals surface area (Å²) in [6, 6.07) is 8.52. The summed E-state index contributed by atoms with van der Waals surface area (Å²) in [6.07, 6.45) is -5.08. The number of esters is 1. The molecule has 4 nitrogen and oxygen atoms in total. The predicted octanol–water partition coefficient (Wildman–Crippen LogP) is 1.92. The van der Waals surface area contributed by atoms with Crippen LogP contribution in [-0.2, 0) is 20.9 Å². The van der Waals surface area contributed by atoms with Crippen LogP contribution in [0.4, 0.5) is 13.2 Å². The number of nitrogens with one attached hydrogen (secondary N) is 1. The molecule has 19 heavy (non-hydrogen) atoms. The Bertz CT molecular complexity index is 483. The quantitative estimate of drug-likeness (QED) is 0.673. The Morgan fingerprint density at radius 1 is 1.21 bits per heavy atom. The average Bonchev–Trinajstić information content (AvgIpc) is 2.35. The van der Waals surface area contributed by atoms with Gasteiger partial charge < -0.3 is 10.1 Å². The second kappa shape index (κ2) is 6.03. The first kappa shape index (κ1) is 14.7. The van der Waals surface area contributed by atoms with Crippen LogP contribution < -0.4 is 5.32 Å². The lowest BCUT2D eigenvalue weighted by Gasteiger charge is -2.10. The van der Waals surface area contributed by atoms with Gasteiger partial charge in [0, 0.05) is 0 Å². The van der Waals surface area contributed by atoms with E-state index in [4.69, 9.17) is 0 Å². The van der Waals surface area contributed by atoms with Gasteiger partial charge >= 0.3 is 18.1 Å². The van der Waals surface area contributed by atoms with Crippen molar-refractivity contribution in [3.63, 3.8) is 0 Å². The zero-order valence-electron chi connectivity index (χ0n) is 9.66. The lowest BCUT2D eigenvalue weighted by Crippen LogP contribution is -2.38. The Morgan fingerprint density at radius 2 is 1.79 bits per heavy atom. The highest BCUT2D eigenvalue weighted by Crippen LogP contribution is 2.15. The van der Waals surface area contributed by atoms with Gasteiger partial charge in [-0.1, -0.05) is 36.9 Å². The van der Waals surface area contributed by atoms with Gasteiger partial charge in [0.25, 0.3) is 0 Å². The average molecular weight is 273 g/mol. The molecule has 0 aliphatic carbocycles. The molecule has 7 heteroatoms. The normalized spacial score (nSPS) is 10.7. The van der Waals surface area contributed by atoms with Gasteiger partial charge in [0.1, 0.15) is 12.3 Å². The van der Waals surface area contributed by atoms with E-state index in [9.17, 15) is 22.8 Å². The summed E-state index contributed by atoms with van der Waals surface area (Å²) >= 11 is 0. The molecule has 0 fully saturated rings. The molecule has 0 radical (unpaired) electrons. The van der Waals surface area contributed by atoms with E-state index in [1.165, 1.54) is 5.32 Å². The highest BCUT2D eigenvalue weighted by atomic mass is 19.4. The monoisotopic (exact) mass is 273 g/mol. The number of hydrogen-bond donors (Lipinski definition) is 1. The fourth-order valence-corrected chi connectivity index (χ4v) is 1.07. The Labute approximate surface area is 106 Å². The van der Waals surface area contributed by atoms with Crippen LogP contribution in [0.3, 0.4) is 0 Å². The minimum atomic E-state index is -5.08. The summed E-state index contributed by atoms with van der Waals surface area (Å²) in [5.41, 5.74) is -0.107. The van der Waals surface area contributed by atoms with Crippen molar-refractivity contribution in [1.82, 2.24) is 5.32 Å². The predicted molar refractivity (Wildman–Crippen MR) is 59.6 cm³/mol. The number of carbonyl (C=O) groups is 2. The molecule has 0 saturated heterocycles. The SMILES string of the molecule is C=C(NC(=O)C(F)(F)F)C(=O)OCc1ccccc1. The summed E-state index contributed by atoms with van der Waals surface area (Å²) in [4.78, 5) is 21.8. The van der Waals surface area contributed by atoms with Crippen molar-refractivity contribution < 1.29 is 27.5 Å². The van der Waals surface area contributed by atoms with E-state index in [1.54, 1.807) is 30.3 Å². The smallest absolute Gasteiger partial charge is 0.456 e. The summed E-state index contributed by atoms with van der Waals surface area (Å²) in [7, 11) is 0. The van der Waals surface area contributed by atoms with E-state index >= 15 is 0 Å². The first-order valence-corrected chi connectivity index (χ1v) is 5.09. The van der Waals surface area contributed by atoms with Crippen molar-refractivity contribution in [3.05, 3.63) is 48.2 Å². The van der Waals surface area contributed by atoms with E-state index in [0.717, 1.165) is 0 Å². The van der Waals surface area contributed by atoms with Gasteiger partial charge in [-0.2, -0.15) is 13.2 Å². The topological polar surface area (TPSA) is 55.4 Å². The standard InChI is InChI=1S/C12H10F3NO3/c1-8(16-11(18)12(13,14)15)10(17)19-7-9-5-3-2-4-6-9/h2-6H,1,7H2,(H,16,18). The van der Waals surface area contributed by atoms with E-state index < -0.39 is 23.7 Å². The molecule has 0 spiro atoms. The third kappa shape index (κ3) is 4.82. The lowest BCUT2D eigenvalue weighted by atomic mass is 10.2. The van der Waals surface area contributed by atoms with Crippen LogP contribution in [-0.4, -0.2) is 18.1 Å². The van der Waals surface area contributed by atoms with E-state index in [1.807, 2.05) is 0 Å². The maximum absolute atomic E-state index is 11.9. The Morgan fingerprint density at radius 3 is 2.32 bits per heavy atom. The molecule has 0 heterocycles. The molecular weight excluding hydrogens is 263 g/mol. The number of alkyl halides is 3. The van der Waals surface area contributed by atoms with Gasteiger partial charge in [-0.3, -0.25) is 4.79 Å². The molecule has 0 aliphatic rings. The Hall–Kier alpha value is -2.31. The molecule has 1 aromatic carbocycles. The largest absolute Gasteiger partial charge is 0.471 e. The van der Waals surface area contributed by atoms with Crippen LogP contribution in [0.1, 0.15) is 5.56 Å². The minimum Gasteiger partial charge on any atom is -0.456 e. The summed E-state index contributed by atoms with van der Waals surface area (Å²) in [5.74, 6) is -3.39. The van der Waals surface area contributed by atoms with Crippen molar-refractivity contribution in [2.24, 2.45) is 0 Å². The first-order valence-electron chi connectivity index (χ1n) is 5.09. The molecule has 0 bridgehead atoms. The van der Waals surface area contributed by atoms with Crippen LogP contribution in [0.2, 0.25) is 0 Å². The van der Waals surface area contributed by atoms with Gasteiger partial charge in [0.15, 0.2) is 0 Å². The van der Waals surface area contributed by atoms with Crippen molar-refractivity contribution in [2.45, 2.75) is 12.8 Å². The van der Waals surface area contributed by atoms with Gasteiger partial charge in [-0.05, 0) is 5.56 Å². The summed E-state index contributed by atoms with van der Waals surface area (Å²) < 4.78 is 40.4. The van der Waals surface area contributed by atoms with Gasteiger partial charge in [0.2, 0.25) is 0 Å². The summed E-state index contributed by atoms with van der Waals surface area (Å²) in [5, 5.41) is 1.32. The van der Waals surface area contributed by atoms with Crippen LogP contribution in [0.25, 0.3) is 0 Å². The number of rotatable bonds is 4. The molecule has 1 aromatic rings. The Balaban J connectivity index is 2.46. The molecule has 1 rings (SSSR count). The first-order chi connectivity index (χ1) is 8.80. The zero-order valence-corrected chi connectivity index (χ0v) is 9.66. The van der Waals surface area contributed by atoms with Crippen LogP contribution in [0.15, 0.2) is 42.6 Å². The maximum Gasteiger partial charge on any atom is 0.471 e. The number of amides is 1. The number of benzene rings is 1. The fourth-order valence-electron chi connectivity index (χ4n) is 1.07. The molecule has 0 atom stereocenters. The van der Waals surface area contributed by atoms with Crippen molar-refractivity contribution in [1.29, 1.82) is 0 Å². The Kier molecular flexibility index (Phi) is 4.68. The van der Waals surface area contributed by atoms with E-state index in [-0.39, 0.29) is 6.61 Å². The zero-order chi connectivity index (χ0) is 14.5. The highest BCUT2D eigenvalue weighted by Gasteiger charge is 2.39. The molecule has 0 saturated carbocycles. The number of halogens is 3. The molecule has 0 aliphatic heterocycles. The molecule has 1 N–H and O–H groups in total. The van der Waals surface area contributed by atoms with Gasteiger partial charge in [-0.25, -0.2) is 4.79 Å². The maximum atomic E-state index is 11.9. The van der Waals surface area contributed by atoms with Crippen LogP contribution >= 0.6 is 0 Å². The highest BCUT2D eigenvalue weighted by molar-refractivity contribution is 5.94. The lowest BCUT2D eigenvalue weighted by molar-refractivity contribution is -0.173. The van der Waals surface area contributed by atoms with Crippen LogP contribution in [0.5, 0.6) is 0 Å². The number of carbonyl (C=O) groups excluding carboxylic acids is 2. The molecule has 0 unspecified atom stereocenters. The molecular formula is C12H10F3NO3. The fraction of sp³-hybridized carbons (Fsp3) is 0.167.